The first kappa shape index (κ1) is 16.8. The molecule has 0 aliphatic heterocycles. The molecule has 1 unspecified atom stereocenters. The highest BCUT2D eigenvalue weighted by Crippen LogP contribution is 2.57. The topological polar surface area (TPSA) is 88.0 Å². The van der Waals surface area contributed by atoms with Crippen molar-refractivity contribution in [3.05, 3.63) is 52.4 Å². The molecule has 1 atom stereocenters. The molecule has 2 aromatic carbocycles. The standard InChI is InChI=1S/C17H13F2N3O3S/c18-17(19)7-12(17)10-5-6-13(11-4-2-1-3-9(10)11)22-15(25)20-21-16(22)26-8-14(23)24/h1-6,12H,7-8H2,(H,20,25)(H,23,24). The monoisotopic (exact) mass is 377 g/mol. The molecule has 0 radical (unpaired) electrons. The van der Waals surface area contributed by atoms with Gasteiger partial charge in [-0.05, 0) is 17.0 Å². The zero-order valence-corrected chi connectivity index (χ0v) is 14.1. The number of aliphatic carboxylic acids is 1. The Morgan fingerprint density at radius 1 is 1.31 bits per heavy atom. The summed E-state index contributed by atoms with van der Waals surface area (Å²) >= 11 is 0.903. The van der Waals surface area contributed by atoms with Crippen molar-refractivity contribution in [1.29, 1.82) is 0 Å². The zero-order chi connectivity index (χ0) is 18.5. The molecule has 2 N–H and O–H groups in total. The highest BCUT2D eigenvalue weighted by atomic mass is 32.2. The molecule has 1 saturated carbocycles. The van der Waals surface area contributed by atoms with E-state index in [0.29, 0.717) is 22.0 Å². The number of thioether (sulfide) groups is 1. The number of rotatable bonds is 5. The van der Waals surface area contributed by atoms with E-state index in [4.69, 9.17) is 5.11 Å². The minimum Gasteiger partial charge on any atom is -0.481 e. The van der Waals surface area contributed by atoms with E-state index >= 15 is 0 Å². The lowest BCUT2D eigenvalue weighted by atomic mass is 9.99. The lowest BCUT2D eigenvalue weighted by molar-refractivity contribution is -0.133. The molecule has 9 heteroatoms. The van der Waals surface area contributed by atoms with Crippen LogP contribution >= 0.6 is 11.8 Å². The Morgan fingerprint density at radius 2 is 2.00 bits per heavy atom. The maximum absolute atomic E-state index is 13.6. The average molecular weight is 377 g/mol. The predicted molar refractivity (Wildman–Crippen MR) is 92.4 cm³/mol. The van der Waals surface area contributed by atoms with Crippen LogP contribution in [0, 0.1) is 0 Å². The van der Waals surface area contributed by atoms with Gasteiger partial charge in [0.2, 0.25) is 0 Å². The van der Waals surface area contributed by atoms with E-state index in [2.05, 4.69) is 10.2 Å². The van der Waals surface area contributed by atoms with Gasteiger partial charge in [0, 0.05) is 11.8 Å². The van der Waals surface area contributed by atoms with Crippen molar-refractivity contribution in [2.24, 2.45) is 0 Å². The summed E-state index contributed by atoms with van der Waals surface area (Å²) in [4.78, 5) is 23.0. The molecule has 0 saturated heterocycles. The normalized spacial score (nSPS) is 18.2. The highest BCUT2D eigenvalue weighted by molar-refractivity contribution is 7.99. The number of carbonyl (C=O) groups is 1. The minimum atomic E-state index is -2.70. The van der Waals surface area contributed by atoms with E-state index in [-0.39, 0.29) is 17.3 Å². The SMILES string of the molecule is O=C(O)CSc1n[nH]c(=O)n1-c1ccc(C2CC2(F)F)c2ccccc12. The number of aromatic nitrogens is 3. The Kier molecular flexibility index (Phi) is 3.83. The summed E-state index contributed by atoms with van der Waals surface area (Å²) in [6.45, 7) is 0. The number of alkyl halides is 2. The lowest BCUT2D eigenvalue weighted by Gasteiger charge is -2.12. The minimum absolute atomic E-state index is 0.179. The largest absolute Gasteiger partial charge is 0.481 e. The summed E-state index contributed by atoms with van der Waals surface area (Å²) in [6, 6.07) is 10.2. The Morgan fingerprint density at radius 3 is 2.65 bits per heavy atom. The lowest BCUT2D eigenvalue weighted by Crippen LogP contribution is -2.16. The molecule has 1 aliphatic carbocycles. The van der Waals surface area contributed by atoms with Crippen LogP contribution in [0.1, 0.15) is 17.9 Å². The summed E-state index contributed by atoms with van der Waals surface area (Å²) in [6.07, 6.45) is -0.179. The van der Waals surface area contributed by atoms with Crippen molar-refractivity contribution in [2.45, 2.75) is 23.4 Å². The fraction of sp³-hybridized carbons (Fsp3) is 0.235. The van der Waals surface area contributed by atoms with Gasteiger partial charge in [0.25, 0.3) is 5.92 Å². The van der Waals surface area contributed by atoms with Crippen molar-refractivity contribution in [3.8, 4) is 5.69 Å². The molecular formula is C17H13F2N3O3S. The van der Waals surface area contributed by atoms with Crippen LogP contribution in [0.25, 0.3) is 16.5 Å². The summed E-state index contributed by atoms with van der Waals surface area (Å²) < 4.78 is 28.4. The first-order valence-corrected chi connectivity index (χ1v) is 8.79. The molecule has 6 nitrogen and oxygen atoms in total. The van der Waals surface area contributed by atoms with Gasteiger partial charge in [0.05, 0.1) is 17.4 Å². The van der Waals surface area contributed by atoms with E-state index in [9.17, 15) is 18.4 Å². The molecule has 1 aromatic heterocycles. The first-order valence-electron chi connectivity index (χ1n) is 7.80. The molecule has 1 fully saturated rings. The number of nitrogens with one attached hydrogen (secondary N) is 1. The second-order valence-corrected chi connectivity index (χ2v) is 7.01. The molecule has 26 heavy (non-hydrogen) atoms. The zero-order valence-electron chi connectivity index (χ0n) is 13.3. The second kappa shape index (κ2) is 5.94. The average Bonchev–Trinajstić information content (AvgIpc) is 3.08. The van der Waals surface area contributed by atoms with Gasteiger partial charge in [-0.3, -0.25) is 4.79 Å². The van der Waals surface area contributed by atoms with Crippen LogP contribution in [0.4, 0.5) is 8.78 Å². The highest BCUT2D eigenvalue weighted by Gasteiger charge is 2.58. The number of hydrogen-bond acceptors (Lipinski definition) is 4. The van der Waals surface area contributed by atoms with Crippen molar-refractivity contribution in [1.82, 2.24) is 14.8 Å². The number of carboxylic acid groups (broad SMARTS) is 1. The number of benzene rings is 2. The number of aromatic amines is 1. The smallest absolute Gasteiger partial charge is 0.348 e. The van der Waals surface area contributed by atoms with E-state index in [1.807, 2.05) is 0 Å². The quantitative estimate of drug-likeness (QED) is 0.668. The molecule has 1 aliphatic rings. The third-order valence-corrected chi connectivity index (χ3v) is 5.27. The Balaban J connectivity index is 1.87. The first-order chi connectivity index (χ1) is 12.4. The molecule has 0 spiro atoms. The van der Waals surface area contributed by atoms with Gasteiger partial charge in [-0.15, -0.1) is 5.10 Å². The van der Waals surface area contributed by atoms with Crippen LogP contribution in [0.5, 0.6) is 0 Å². The van der Waals surface area contributed by atoms with Gasteiger partial charge in [-0.1, -0.05) is 42.1 Å². The fourth-order valence-corrected chi connectivity index (χ4v) is 3.75. The number of fused-ring (bicyclic) bond motifs is 1. The van der Waals surface area contributed by atoms with Crippen LogP contribution in [-0.4, -0.2) is 37.5 Å². The van der Waals surface area contributed by atoms with Crippen LogP contribution in [0.3, 0.4) is 0 Å². The van der Waals surface area contributed by atoms with Gasteiger partial charge in [0.15, 0.2) is 5.16 Å². The van der Waals surface area contributed by atoms with Crippen LogP contribution in [0.2, 0.25) is 0 Å². The molecule has 0 bridgehead atoms. The fourth-order valence-electron chi connectivity index (χ4n) is 3.07. The van der Waals surface area contributed by atoms with Gasteiger partial charge in [-0.2, -0.15) is 0 Å². The molecule has 3 aromatic rings. The van der Waals surface area contributed by atoms with Gasteiger partial charge in [-0.25, -0.2) is 23.2 Å². The Labute approximate surface area is 149 Å². The molecular weight excluding hydrogens is 364 g/mol. The molecule has 0 amide bonds. The number of hydrogen-bond donors (Lipinski definition) is 2. The van der Waals surface area contributed by atoms with Gasteiger partial charge in [0.1, 0.15) is 0 Å². The second-order valence-electron chi connectivity index (χ2n) is 6.07. The third kappa shape index (κ3) is 2.78. The molecule has 4 rings (SSSR count). The van der Waals surface area contributed by atoms with E-state index in [0.717, 1.165) is 11.8 Å². The summed E-state index contributed by atoms with van der Waals surface area (Å²) in [5.41, 5.74) is 0.498. The van der Waals surface area contributed by atoms with Crippen LogP contribution in [0.15, 0.2) is 46.3 Å². The molecule has 1 heterocycles. The van der Waals surface area contributed by atoms with E-state index < -0.39 is 23.5 Å². The summed E-state index contributed by atoms with van der Waals surface area (Å²) in [5, 5.41) is 16.5. The van der Waals surface area contributed by atoms with Gasteiger partial charge >= 0.3 is 11.7 Å². The van der Waals surface area contributed by atoms with Crippen molar-refractivity contribution in [2.75, 3.05) is 5.75 Å². The van der Waals surface area contributed by atoms with Crippen molar-refractivity contribution in [3.63, 3.8) is 0 Å². The van der Waals surface area contributed by atoms with E-state index in [1.54, 1.807) is 36.4 Å². The molecule has 134 valence electrons. The predicted octanol–water partition coefficient (Wildman–Crippen LogP) is 3.01. The Hall–Kier alpha value is -2.68. The number of carboxylic acids is 1. The summed E-state index contributed by atoms with van der Waals surface area (Å²) in [7, 11) is 0. The maximum atomic E-state index is 13.6. The Bertz CT molecular complexity index is 1080. The van der Waals surface area contributed by atoms with Crippen LogP contribution < -0.4 is 5.69 Å². The number of nitrogens with zero attached hydrogens (tertiary/aromatic N) is 2. The van der Waals surface area contributed by atoms with Gasteiger partial charge < -0.3 is 5.11 Å². The third-order valence-electron chi connectivity index (χ3n) is 4.34. The number of H-pyrrole nitrogens is 1. The number of halogens is 2. The maximum Gasteiger partial charge on any atom is 0.348 e. The summed E-state index contributed by atoms with van der Waals surface area (Å²) in [5.74, 6) is -4.80. The van der Waals surface area contributed by atoms with E-state index in [1.165, 1.54) is 4.57 Å². The van der Waals surface area contributed by atoms with Crippen molar-refractivity contribution < 1.29 is 18.7 Å². The van der Waals surface area contributed by atoms with Crippen LogP contribution in [-0.2, 0) is 4.79 Å². The van der Waals surface area contributed by atoms with Crippen molar-refractivity contribution >= 4 is 28.5 Å².